The molecule has 0 unspecified atom stereocenters. The number of benzene rings is 3. The van der Waals surface area contributed by atoms with Crippen LogP contribution in [0.3, 0.4) is 0 Å². The topological polar surface area (TPSA) is 54.9 Å². The van der Waals surface area contributed by atoms with Crippen LogP contribution in [-0.4, -0.2) is 15.9 Å². The summed E-state index contributed by atoms with van der Waals surface area (Å²) in [7, 11) is 0. The van der Waals surface area contributed by atoms with Crippen molar-refractivity contribution in [2.75, 3.05) is 5.32 Å². The van der Waals surface area contributed by atoms with Crippen LogP contribution in [0.4, 0.5) is 5.13 Å². The normalized spacial score (nSPS) is 11.2. The molecule has 2 aromatic heterocycles. The fourth-order valence-corrected chi connectivity index (χ4v) is 5.24. The van der Waals surface area contributed by atoms with E-state index in [4.69, 9.17) is 21.6 Å². The quantitative estimate of drug-likeness (QED) is 0.249. The number of pyridine rings is 1. The molecule has 1 amide bonds. The summed E-state index contributed by atoms with van der Waals surface area (Å²) in [5.74, 6) is 0.416. The molecule has 0 fully saturated rings. The van der Waals surface area contributed by atoms with E-state index in [1.807, 2.05) is 60.8 Å². The standard InChI is InChI=1S/C30H26ClN3OS/c1-18(2)16-20-8-10-21(11-9-20)26-17-36-30(33-26)34-29(35)27-19(3)28(22-12-14-23(31)15-13-22)32-25-7-5-4-6-24(25)27/h4-15,17-18H,16H2,1-3H3,(H,33,34,35). The van der Waals surface area contributed by atoms with Gasteiger partial charge in [0.05, 0.1) is 22.5 Å². The zero-order valence-electron chi connectivity index (χ0n) is 20.4. The Hall–Kier alpha value is -3.54. The minimum absolute atomic E-state index is 0.200. The Bertz CT molecular complexity index is 1540. The number of para-hydroxylation sites is 1. The molecular weight excluding hydrogens is 486 g/mol. The molecule has 0 bridgehead atoms. The Morgan fingerprint density at radius 1 is 0.944 bits per heavy atom. The maximum absolute atomic E-state index is 13.6. The SMILES string of the molecule is Cc1c(-c2ccc(Cl)cc2)nc2ccccc2c1C(=O)Nc1nc(-c2ccc(CC(C)C)cc2)cs1. The van der Waals surface area contributed by atoms with E-state index in [0.717, 1.165) is 45.4 Å². The van der Waals surface area contributed by atoms with Gasteiger partial charge in [0.25, 0.3) is 5.91 Å². The molecule has 0 radical (unpaired) electrons. The van der Waals surface area contributed by atoms with Gasteiger partial charge in [-0.05, 0) is 48.6 Å². The first-order valence-corrected chi connectivity index (χ1v) is 13.2. The number of hydrogen-bond donors (Lipinski definition) is 1. The highest BCUT2D eigenvalue weighted by molar-refractivity contribution is 7.14. The second-order valence-electron chi connectivity index (χ2n) is 9.27. The smallest absolute Gasteiger partial charge is 0.258 e. The molecule has 5 aromatic rings. The predicted octanol–water partition coefficient (Wildman–Crippen LogP) is 8.44. The van der Waals surface area contributed by atoms with Gasteiger partial charge in [-0.25, -0.2) is 9.97 Å². The average molecular weight is 512 g/mol. The summed E-state index contributed by atoms with van der Waals surface area (Å²) in [6.45, 7) is 6.37. The highest BCUT2D eigenvalue weighted by Crippen LogP contribution is 2.32. The van der Waals surface area contributed by atoms with Gasteiger partial charge in [-0.1, -0.05) is 80.0 Å². The van der Waals surface area contributed by atoms with Gasteiger partial charge in [0.1, 0.15) is 0 Å². The number of hydrogen-bond acceptors (Lipinski definition) is 4. The number of amides is 1. The predicted molar refractivity (Wildman–Crippen MR) is 151 cm³/mol. The van der Waals surface area contributed by atoms with Crippen molar-refractivity contribution in [3.63, 3.8) is 0 Å². The Balaban J connectivity index is 1.46. The van der Waals surface area contributed by atoms with Gasteiger partial charge in [0.15, 0.2) is 5.13 Å². The highest BCUT2D eigenvalue weighted by Gasteiger charge is 2.20. The summed E-state index contributed by atoms with van der Waals surface area (Å²) < 4.78 is 0. The number of carbonyl (C=O) groups is 1. The summed E-state index contributed by atoms with van der Waals surface area (Å²) in [4.78, 5) is 23.1. The van der Waals surface area contributed by atoms with Crippen LogP contribution < -0.4 is 5.32 Å². The molecule has 0 aliphatic rings. The zero-order valence-corrected chi connectivity index (χ0v) is 22.0. The molecule has 6 heteroatoms. The van der Waals surface area contributed by atoms with Crippen LogP contribution in [0.5, 0.6) is 0 Å². The number of thiazole rings is 1. The minimum atomic E-state index is -0.200. The number of carbonyl (C=O) groups excluding carboxylic acids is 1. The molecule has 2 heterocycles. The van der Waals surface area contributed by atoms with E-state index < -0.39 is 0 Å². The van der Waals surface area contributed by atoms with Crippen LogP contribution >= 0.6 is 22.9 Å². The van der Waals surface area contributed by atoms with Crippen LogP contribution in [0.1, 0.15) is 35.3 Å². The van der Waals surface area contributed by atoms with Gasteiger partial charge in [-0.3, -0.25) is 10.1 Å². The number of nitrogens with zero attached hydrogens (tertiary/aromatic N) is 2. The van der Waals surface area contributed by atoms with E-state index in [1.54, 1.807) is 0 Å². The number of halogens is 1. The lowest BCUT2D eigenvalue weighted by Gasteiger charge is -2.14. The second kappa shape index (κ2) is 10.2. The van der Waals surface area contributed by atoms with Crippen molar-refractivity contribution in [2.45, 2.75) is 27.2 Å². The van der Waals surface area contributed by atoms with E-state index in [9.17, 15) is 4.79 Å². The summed E-state index contributed by atoms with van der Waals surface area (Å²) >= 11 is 7.51. The fraction of sp³-hybridized carbons (Fsp3) is 0.167. The van der Waals surface area contributed by atoms with Crippen LogP contribution in [0.25, 0.3) is 33.4 Å². The van der Waals surface area contributed by atoms with Crippen LogP contribution in [0.15, 0.2) is 78.2 Å². The largest absolute Gasteiger partial charge is 0.298 e. The van der Waals surface area contributed by atoms with Gasteiger partial charge in [-0.2, -0.15) is 0 Å². The third-order valence-electron chi connectivity index (χ3n) is 6.10. The summed E-state index contributed by atoms with van der Waals surface area (Å²) in [6, 6.07) is 23.7. The number of aromatic nitrogens is 2. The molecule has 180 valence electrons. The van der Waals surface area contributed by atoms with Gasteiger partial charge in [0.2, 0.25) is 0 Å². The van der Waals surface area contributed by atoms with Crippen molar-refractivity contribution >= 4 is 44.9 Å². The number of rotatable bonds is 6. The van der Waals surface area contributed by atoms with E-state index >= 15 is 0 Å². The molecule has 0 aliphatic carbocycles. The molecule has 0 aliphatic heterocycles. The number of nitrogens with one attached hydrogen (secondary N) is 1. The number of anilines is 1. The van der Waals surface area contributed by atoms with E-state index in [-0.39, 0.29) is 5.91 Å². The van der Waals surface area contributed by atoms with Gasteiger partial charge in [0, 0.05) is 26.9 Å². The van der Waals surface area contributed by atoms with E-state index in [1.165, 1.54) is 16.9 Å². The third kappa shape index (κ3) is 5.03. The fourth-order valence-electron chi connectivity index (χ4n) is 4.40. The lowest BCUT2D eigenvalue weighted by molar-refractivity contribution is 0.102. The number of fused-ring (bicyclic) bond motifs is 1. The first-order chi connectivity index (χ1) is 17.4. The second-order valence-corrected chi connectivity index (χ2v) is 10.6. The lowest BCUT2D eigenvalue weighted by atomic mass is 9.97. The Morgan fingerprint density at radius 3 is 2.36 bits per heavy atom. The third-order valence-corrected chi connectivity index (χ3v) is 7.11. The summed E-state index contributed by atoms with van der Waals surface area (Å²) in [6.07, 6.45) is 1.05. The van der Waals surface area contributed by atoms with Crippen molar-refractivity contribution < 1.29 is 4.79 Å². The zero-order chi connectivity index (χ0) is 25.2. The molecule has 0 saturated carbocycles. The molecular formula is C30H26ClN3OS. The van der Waals surface area contributed by atoms with Gasteiger partial charge < -0.3 is 0 Å². The first kappa shape index (κ1) is 24.2. The average Bonchev–Trinajstić information content (AvgIpc) is 3.32. The maximum atomic E-state index is 13.6. The summed E-state index contributed by atoms with van der Waals surface area (Å²) in [5.41, 5.74) is 7.05. The Labute approximate surface area is 220 Å². The van der Waals surface area contributed by atoms with E-state index in [2.05, 4.69) is 43.4 Å². The Kier molecular flexibility index (Phi) is 6.86. The van der Waals surface area contributed by atoms with Gasteiger partial charge in [-0.15, -0.1) is 11.3 Å². The Morgan fingerprint density at radius 2 is 1.64 bits per heavy atom. The first-order valence-electron chi connectivity index (χ1n) is 11.9. The van der Waals surface area contributed by atoms with Gasteiger partial charge >= 0.3 is 0 Å². The summed E-state index contributed by atoms with van der Waals surface area (Å²) in [5, 5.41) is 7.03. The van der Waals surface area contributed by atoms with Crippen molar-refractivity contribution in [1.82, 2.24) is 9.97 Å². The van der Waals surface area contributed by atoms with Crippen molar-refractivity contribution in [3.05, 3.63) is 99.9 Å². The highest BCUT2D eigenvalue weighted by atomic mass is 35.5. The van der Waals surface area contributed by atoms with Crippen LogP contribution in [0.2, 0.25) is 5.02 Å². The maximum Gasteiger partial charge on any atom is 0.258 e. The van der Waals surface area contributed by atoms with E-state index in [0.29, 0.717) is 21.6 Å². The van der Waals surface area contributed by atoms with Crippen molar-refractivity contribution in [3.8, 4) is 22.5 Å². The molecule has 0 spiro atoms. The monoisotopic (exact) mass is 511 g/mol. The van der Waals surface area contributed by atoms with Crippen molar-refractivity contribution in [2.24, 2.45) is 5.92 Å². The minimum Gasteiger partial charge on any atom is -0.298 e. The molecule has 3 aromatic carbocycles. The van der Waals surface area contributed by atoms with Crippen molar-refractivity contribution in [1.29, 1.82) is 0 Å². The molecule has 4 nitrogen and oxygen atoms in total. The molecule has 1 N–H and O–H groups in total. The molecule has 0 saturated heterocycles. The molecule has 0 atom stereocenters. The van der Waals surface area contributed by atoms with Crippen LogP contribution in [-0.2, 0) is 6.42 Å². The lowest BCUT2D eigenvalue weighted by Crippen LogP contribution is -2.15. The molecule has 5 rings (SSSR count). The van der Waals surface area contributed by atoms with Crippen LogP contribution in [0, 0.1) is 12.8 Å². The molecule has 36 heavy (non-hydrogen) atoms.